The van der Waals surface area contributed by atoms with Crippen LogP contribution in [0.5, 0.6) is 5.75 Å². The van der Waals surface area contributed by atoms with E-state index in [0.29, 0.717) is 28.0 Å². The molecule has 39 heavy (non-hydrogen) atoms. The minimum absolute atomic E-state index is 0.0807. The summed E-state index contributed by atoms with van der Waals surface area (Å²) in [5, 5.41) is 11.2. The van der Waals surface area contributed by atoms with Crippen LogP contribution in [0.25, 0.3) is 11.0 Å². The predicted molar refractivity (Wildman–Crippen MR) is 143 cm³/mol. The van der Waals surface area contributed by atoms with Crippen LogP contribution in [-0.2, 0) is 22.7 Å². The number of amides is 2. The number of halogens is 1. The lowest BCUT2D eigenvalue weighted by Crippen LogP contribution is -2.42. The highest BCUT2D eigenvalue weighted by Gasteiger charge is 2.32. The van der Waals surface area contributed by atoms with Crippen molar-refractivity contribution >= 4 is 28.5 Å². The van der Waals surface area contributed by atoms with Crippen LogP contribution in [0, 0.1) is 5.82 Å². The first-order valence-electron chi connectivity index (χ1n) is 12.2. The van der Waals surface area contributed by atoms with E-state index in [1.807, 2.05) is 24.3 Å². The molecule has 0 aliphatic heterocycles. The Morgan fingerprint density at radius 1 is 1.00 bits per heavy atom. The van der Waals surface area contributed by atoms with Crippen LogP contribution in [0.2, 0.25) is 0 Å². The minimum atomic E-state index is -1.09. The summed E-state index contributed by atoms with van der Waals surface area (Å²) in [5.74, 6) is -0.662. The number of nitrogens with one attached hydrogen (secondary N) is 1. The number of carbonyl (C=O) groups is 2. The first kappa shape index (κ1) is 25.5. The largest absolute Gasteiger partial charge is 0.497 e. The number of aromatic nitrogens is 4. The Hall–Kier alpha value is -5.12. The summed E-state index contributed by atoms with van der Waals surface area (Å²) >= 11 is 0. The first-order chi connectivity index (χ1) is 19.0. The number of methoxy groups -OCH3 is 1. The second-order valence-electron chi connectivity index (χ2n) is 8.79. The molecule has 0 saturated heterocycles. The highest BCUT2D eigenvalue weighted by Crippen LogP contribution is 2.27. The smallest absolute Gasteiger partial charge is 0.251 e. The summed E-state index contributed by atoms with van der Waals surface area (Å²) in [6, 6.07) is 22.2. The molecule has 5 rings (SSSR count). The third kappa shape index (κ3) is 5.90. The zero-order chi connectivity index (χ0) is 27.2. The average Bonchev–Trinajstić information content (AvgIpc) is 3.37. The van der Waals surface area contributed by atoms with Gasteiger partial charge in [-0.05, 0) is 65.7 Å². The highest BCUT2D eigenvalue weighted by atomic mass is 19.1. The van der Waals surface area contributed by atoms with Gasteiger partial charge in [-0.3, -0.25) is 14.6 Å². The van der Waals surface area contributed by atoms with E-state index in [2.05, 4.69) is 20.6 Å². The standard InChI is InChI=1S/C29H25FN6O3/c1-39-24-14-12-23(13-15-24)32-29(38)28(21-8-10-22(30)11-9-21)35(18-20-5-4-16-31-17-20)27(37)19-36-26-7-3-2-6-25(26)33-34-36/h2-17,28H,18-19H2,1H3,(H,32,38). The van der Waals surface area contributed by atoms with E-state index in [-0.39, 0.29) is 19.0 Å². The molecular weight excluding hydrogens is 499 g/mol. The molecule has 196 valence electrons. The quantitative estimate of drug-likeness (QED) is 0.307. The van der Waals surface area contributed by atoms with Crippen molar-refractivity contribution < 1.29 is 18.7 Å². The van der Waals surface area contributed by atoms with Crippen molar-refractivity contribution in [3.05, 3.63) is 114 Å². The molecule has 2 heterocycles. The molecule has 0 bridgehead atoms. The van der Waals surface area contributed by atoms with Gasteiger partial charge in [0.05, 0.1) is 12.6 Å². The number of fused-ring (bicyclic) bond motifs is 1. The minimum Gasteiger partial charge on any atom is -0.497 e. The number of anilines is 1. The third-order valence-corrected chi connectivity index (χ3v) is 6.20. The average molecular weight is 525 g/mol. The van der Waals surface area contributed by atoms with Gasteiger partial charge in [0.15, 0.2) is 0 Å². The summed E-state index contributed by atoms with van der Waals surface area (Å²) in [6.45, 7) is -0.0777. The van der Waals surface area contributed by atoms with Crippen molar-refractivity contribution in [3.8, 4) is 5.75 Å². The number of benzene rings is 3. The van der Waals surface area contributed by atoms with Gasteiger partial charge in [0.2, 0.25) is 5.91 Å². The number of nitrogens with zero attached hydrogens (tertiary/aromatic N) is 5. The number of para-hydroxylation sites is 1. The van der Waals surface area contributed by atoms with Crippen molar-refractivity contribution in [1.29, 1.82) is 0 Å². The maximum absolute atomic E-state index is 13.9. The lowest BCUT2D eigenvalue weighted by Gasteiger charge is -2.31. The van der Waals surface area contributed by atoms with Gasteiger partial charge in [0.1, 0.15) is 29.7 Å². The van der Waals surface area contributed by atoms with E-state index in [0.717, 1.165) is 5.56 Å². The molecule has 0 radical (unpaired) electrons. The molecule has 0 spiro atoms. The van der Waals surface area contributed by atoms with Crippen molar-refractivity contribution in [2.45, 2.75) is 19.1 Å². The molecule has 0 aliphatic rings. The SMILES string of the molecule is COc1ccc(NC(=O)C(c2ccc(F)cc2)N(Cc2cccnc2)C(=O)Cn2nnc3ccccc32)cc1. The fourth-order valence-electron chi connectivity index (χ4n) is 4.27. The molecule has 9 nitrogen and oxygen atoms in total. The molecule has 1 unspecified atom stereocenters. The van der Waals surface area contributed by atoms with E-state index >= 15 is 0 Å². The van der Waals surface area contributed by atoms with E-state index in [1.54, 1.807) is 55.9 Å². The Balaban J connectivity index is 1.53. The van der Waals surface area contributed by atoms with Crippen LogP contribution in [0.3, 0.4) is 0 Å². The fraction of sp³-hybridized carbons (Fsp3) is 0.138. The van der Waals surface area contributed by atoms with Crippen molar-refractivity contribution in [1.82, 2.24) is 24.9 Å². The summed E-state index contributed by atoms with van der Waals surface area (Å²) in [7, 11) is 1.55. The van der Waals surface area contributed by atoms with Crippen LogP contribution in [0.4, 0.5) is 10.1 Å². The first-order valence-corrected chi connectivity index (χ1v) is 12.2. The second-order valence-corrected chi connectivity index (χ2v) is 8.79. The van der Waals surface area contributed by atoms with Gasteiger partial charge in [-0.25, -0.2) is 9.07 Å². The number of hydrogen-bond donors (Lipinski definition) is 1. The Morgan fingerprint density at radius 3 is 2.49 bits per heavy atom. The van der Waals surface area contributed by atoms with Crippen molar-refractivity contribution in [3.63, 3.8) is 0 Å². The topological polar surface area (TPSA) is 102 Å². The van der Waals surface area contributed by atoms with Gasteiger partial charge in [0, 0.05) is 24.6 Å². The lowest BCUT2D eigenvalue weighted by atomic mass is 10.0. The highest BCUT2D eigenvalue weighted by molar-refractivity contribution is 5.98. The maximum atomic E-state index is 13.9. The zero-order valence-electron chi connectivity index (χ0n) is 21.1. The van der Waals surface area contributed by atoms with Crippen LogP contribution in [0.1, 0.15) is 17.2 Å². The van der Waals surface area contributed by atoms with Crippen LogP contribution >= 0.6 is 0 Å². The monoisotopic (exact) mass is 524 g/mol. The molecule has 0 saturated carbocycles. The van der Waals surface area contributed by atoms with Crippen molar-refractivity contribution in [2.75, 3.05) is 12.4 Å². The molecule has 0 fully saturated rings. The Kier molecular flexibility index (Phi) is 7.53. The van der Waals surface area contributed by atoms with Gasteiger partial charge in [-0.15, -0.1) is 5.10 Å². The second kappa shape index (κ2) is 11.5. The van der Waals surface area contributed by atoms with Gasteiger partial charge in [-0.1, -0.05) is 35.5 Å². The third-order valence-electron chi connectivity index (χ3n) is 6.20. The number of carbonyl (C=O) groups excluding carboxylic acids is 2. The normalized spacial score (nSPS) is 11.6. The van der Waals surface area contributed by atoms with E-state index < -0.39 is 17.8 Å². The van der Waals surface area contributed by atoms with Gasteiger partial charge in [0.25, 0.3) is 5.91 Å². The van der Waals surface area contributed by atoms with Crippen molar-refractivity contribution in [2.24, 2.45) is 0 Å². The molecule has 1 atom stereocenters. The molecule has 5 aromatic rings. The molecule has 2 aromatic heterocycles. The molecule has 10 heteroatoms. The van der Waals surface area contributed by atoms with E-state index in [1.165, 1.54) is 33.8 Å². The molecule has 0 aliphatic carbocycles. The van der Waals surface area contributed by atoms with Crippen LogP contribution in [0.15, 0.2) is 97.3 Å². The maximum Gasteiger partial charge on any atom is 0.251 e. The summed E-state index contributed by atoms with van der Waals surface area (Å²) in [5.41, 5.74) is 3.02. The Labute approximate surface area is 223 Å². The van der Waals surface area contributed by atoms with Gasteiger partial charge >= 0.3 is 0 Å². The van der Waals surface area contributed by atoms with Crippen LogP contribution < -0.4 is 10.1 Å². The molecule has 2 amide bonds. The van der Waals surface area contributed by atoms with E-state index in [4.69, 9.17) is 4.74 Å². The zero-order valence-corrected chi connectivity index (χ0v) is 21.1. The lowest BCUT2D eigenvalue weighted by molar-refractivity contribution is -0.140. The molecular formula is C29H25FN6O3. The number of hydrogen-bond acceptors (Lipinski definition) is 6. The van der Waals surface area contributed by atoms with Crippen LogP contribution in [-0.4, -0.2) is 43.8 Å². The number of pyridine rings is 1. The predicted octanol–water partition coefficient (Wildman–Crippen LogP) is 4.38. The summed E-state index contributed by atoms with van der Waals surface area (Å²) in [6.07, 6.45) is 3.26. The summed E-state index contributed by atoms with van der Waals surface area (Å²) < 4.78 is 20.6. The van der Waals surface area contributed by atoms with E-state index in [9.17, 15) is 14.0 Å². The number of rotatable bonds is 9. The molecule has 1 N–H and O–H groups in total. The number of ether oxygens (including phenoxy) is 1. The summed E-state index contributed by atoms with van der Waals surface area (Å²) in [4.78, 5) is 33.4. The molecule has 3 aromatic carbocycles. The van der Waals surface area contributed by atoms with Gasteiger partial charge in [-0.2, -0.15) is 0 Å². The Morgan fingerprint density at radius 2 is 1.77 bits per heavy atom. The van der Waals surface area contributed by atoms with Gasteiger partial charge < -0.3 is 15.0 Å². The fourth-order valence-corrected chi connectivity index (χ4v) is 4.27. The Bertz CT molecular complexity index is 1570.